The van der Waals surface area contributed by atoms with Gasteiger partial charge in [-0.1, -0.05) is 30.3 Å². The van der Waals surface area contributed by atoms with Gasteiger partial charge in [-0.2, -0.15) is 0 Å². The molecule has 2 unspecified atom stereocenters. The first-order chi connectivity index (χ1) is 10.3. The fraction of sp³-hybridized carbons (Fsp3) is 0.412. The number of aromatic nitrogens is 2. The number of piperazine rings is 1. The summed E-state index contributed by atoms with van der Waals surface area (Å²) in [6.07, 6.45) is 2.55. The number of fused-ring (bicyclic) bond motifs is 2. The van der Waals surface area contributed by atoms with Crippen LogP contribution in [0.5, 0.6) is 0 Å². The molecule has 2 bridgehead atoms. The van der Waals surface area contributed by atoms with Crippen LogP contribution < -0.4 is 4.90 Å². The molecule has 2 aliphatic heterocycles. The number of nitrogens with zero attached hydrogens (tertiary/aromatic N) is 4. The lowest BCUT2D eigenvalue weighted by molar-refractivity contribution is 0.263. The molecule has 3 heterocycles. The van der Waals surface area contributed by atoms with Crippen molar-refractivity contribution in [1.29, 1.82) is 0 Å². The molecular weight excluding hydrogens is 260 g/mol. The average molecular weight is 280 g/mol. The molecule has 2 fully saturated rings. The van der Waals surface area contributed by atoms with Crippen molar-refractivity contribution in [2.45, 2.75) is 24.9 Å². The van der Waals surface area contributed by atoms with Gasteiger partial charge >= 0.3 is 0 Å². The molecule has 1 aromatic heterocycles. The summed E-state index contributed by atoms with van der Waals surface area (Å²) < 4.78 is 0. The highest BCUT2D eigenvalue weighted by atomic mass is 15.4. The summed E-state index contributed by atoms with van der Waals surface area (Å²) in [5.41, 5.74) is 2.07. The minimum atomic E-state index is 0.602. The third kappa shape index (κ3) is 2.29. The van der Waals surface area contributed by atoms with E-state index in [9.17, 15) is 0 Å². The summed E-state index contributed by atoms with van der Waals surface area (Å²) in [6.45, 7) is 2.28. The zero-order valence-electron chi connectivity index (χ0n) is 12.3. The summed E-state index contributed by atoms with van der Waals surface area (Å²) in [4.78, 5) is 4.92. The fourth-order valence-electron chi connectivity index (χ4n) is 3.71. The Bertz CT molecular complexity index is 596. The first kappa shape index (κ1) is 12.8. The molecule has 108 valence electrons. The van der Waals surface area contributed by atoms with Crippen molar-refractivity contribution in [3.63, 3.8) is 0 Å². The van der Waals surface area contributed by atoms with E-state index in [0.717, 1.165) is 30.2 Å². The minimum absolute atomic E-state index is 0.602. The number of likely N-dealkylation sites (N-methyl/N-ethyl adjacent to an activating group) is 1. The molecule has 4 rings (SSSR count). The van der Waals surface area contributed by atoms with Crippen LogP contribution in [0.1, 0.15) is 12.8 Å². The second-order valence-corrected chi connectivity index (χ2v) is 6.16. The van der Waals surface area contributed by atoms with Gasteiger partial charge in [0.2, 0.25) is 0 Å². The van der Waals surface area contributed by atoms with Crippen molar-refractivity contribution in [2.24, 2.45) is 0 Å². The van der Waals surface area contributed by atoms with E-state index in [1.165, 1.54) is 12.8 Å². The molecule has 4 heteroatoms. The van der Waals surface area contributed by atoms with Crippen molar-refractivity contribution < 1.29 is 0 Å². The number of benzene rings is 1. The number of rotatable bonds is 2. The van der Waals surface area contributed by atoms with Crippen LogP contribution in [0.4, 0.5) is 5.82 Å². The summed E-state index contributed by atoms with van der Waals surface area (Å²) in [5.74, 6) is 1.04. The van der Waals surface area contributed by atoms with Crippen LogP contribution in [-0.2, 0) is 0 Å². The lowest BCUT2D eigenvalue weighted by atomic mass is 10.1. The molecule has 0 aliphatic carbocycles. The second-order valence-electron chi connectivity index (χ2n) is 6.16. The van der Waals surface area contributed by atoms with Crippen LogP contribution in [0, 0.1) is 0 Å². The zero-order valence-corrected chi connectivity index (χ0v) is 12.3. The van der Waals surface area contributed by atoms with Gasteiger partial charge in [0.05, 0.1) is 5.69 Å². The van der Waals surface area contributed by atoms with Crippen LogP contribution >= 0.6 is 0 Å². The largest absolute Gasteiger partial charge is 0.347 e. The predicted octanol–water partition coefficient (Wildman–Crippen LogP) is 2.43. The molecule has 0 N–H and O–H groups in total. The number of likely N-dealkylation sites (tertiary alicyclic amines) is 1. The van der Waals surface area contributed by atoms with Gasteiger partial charge < -0.3 is 9.80 Å². The summed E-state index contributed by atoms with van der Waals surface area (Å²) in [7, 11) is 2.22. The molecule has 2 aliphatic rings. The monoisotopic (exact) mass is 280 g/mol. The number of hydrogen-bond donors (Lipinski definition) is 0. The van der Waals surface area contributed by atoms with Crippen LogP contribution in [0.3, 0.4) is 0 Å². The zero-order chi connectivity index (χ0) is 14.2. The van der Waals surface area contributed by atoms with Gasteiger partial charge in [0.25, 0.3) is 0 Å². The van der Waals surface area contributed by atoms with Gasteiger partial charge in [-0.3, -0.25) is 0 Å². The van der Waals surface area contributed by atoms with Crippen LogP contribution in [0.2, 0.25) is 0 Å². The predicted molar refractivity (Wildman–Crippen MR) is 84.3 cm³/mol. The third-order valence-electron chi connectivity index (χ3n) is 4.65. The fourth-order valence-corrected chi connectivity index (χ4v) is 3.71. The quantitative estimate of drug-likeness (QED) is 0.845. The number of anilines is 1. The summed E-state index contributed by atoms with van der Waals surface area (Å²) >= 11 is 0. The Morgan fingerprint density at radius 1 is 0.905 bits per heavy atom. The van der Waals surface area contributed by atoms with Crippen molar-refractivity contribution in [2.75, 3.05) is 25.0 Å². The maximum atomic E-state index is 4.50. The summed E-state index contributed by atoms with van der Waals surface area (Å²) in [5, 5.41) is 8.94. The molecule has 1 aromatic carbocycles. The second kappa shape index (κ2) is 5.11. The van der Waals surface area contributed by atoms with Crippen LogP contribution in [0.25, 0.3) is 11.3 Å². The first-order valence-corrected chi connectivity index (χ1v) is 7.67. The standard InChI is InChI=1S/C17H20N4/c1-20-11-14-7-8-15(12-20)21(14)17-10-9-16(18-19-17)13-5-3-2-4-6-13/h2-6,9-10,14-15H,7-8,11-12H2,1H3. The molecule has 0 radical (unpaired) electrons. The normalized spacial score (nSPS) is 25.3. The maximum absolute atomic E-state index is 4.50. The van der Waals surface area contributed by atoms with E-state index in [0.29, 0.717) is 12.1 Å². The topological polar surface area (TPSA) is 32.3 Å². The Balaban J connectivity index is 1.60. The van der Waals surface area contributed by atoms with Crippen LogP contribution in [0.15, 0.2) is 42.5 Å². The van der Waals surface area contributed by atoms with E-state index < -0.39 is 0 Å². The molecular formula is C17H20N4. The van der Waals surface area contributed by atoms with Crippen molar-refractivity contribution in [3.8, 4) is 11.3 Å². The molecule has 2 atom stereocenters. The van der Waals surface area contributed by atoms with E-state index in [1.54, 1.807) is 0 Å². The van der Waals surface area contributed by atoms with Gasteiger partial charge in [-0.25, -0.2) is 0 Å². The Morgan fingerprint density at radius 3 is 2.24 bits per heavy atom. The van der Waals surface area contributed by atoms with Gasteiger partial charge in [0, 0.05) is 30.7 Å². The minimum Gasteiger partial charge on any atom is -0.347 e. The molecule has 0 spiro atoms. The van der Waals surface area contributed by atoms with Gasteiger partial charge in [0.1, 0.15) is 0 Å². The van der Waals surface area contributed by atoms with Crippen molar-refractivity contribution >= 4 is 5.82 Å². The SMILES string of the molecule is CN1CC2CCC(C1)N2c1ccc(-c2ccccc2)nn1. The van der Waals surface area contributed by atoms with Crippen molar-refractivity contribution in [1.82, 2.24) is 15.1 Å². The average Bonchev–Trinajstić information content (AvgIpc) is 2.80. The number of hydrogen-bond acceptors (Lipinski definition) is 4. The van der Waals surface area contributed by atoms with E-state index in [4.69, 9.17) is 0 Å². The molecule has 2 saturated heterocycles. The Labute approximate surface area is 125 Å². The highest BCUT2D eigenvalue weighted by Gasteiger charge is 2.39. The van der Waals surface area contributed by atoms with E-state index in [1.807, 2.05) is 18.2 Å². The van der Waals surface area contributed by atoms with Gasteiger partial charge in [-0.15, -0.1) is 10.2 Å². The van der Waals surface area contributed by atoms with E-state index in [-0.39, 0.29) is 0 Å². The van der Waals surface area contributed by atoms with Gasteiger partial charge in [-0.05, 0) is 32.0 Å². The lowest BCUT2D eigenvalue weighted by Crippen LogP contribution is -2.52. The van der Waals surface area contributed by atoms with Gasteiger partial charge in [0.15, 0.2) is 5.82 Å². The van der Waals surface area contributed by atoms with Crippen molar-refractivity contribution in [3.05, 3.63) is 42.5 Å². The Kier molecular flexibility index (Phi) is 3.11. The smallest absolute Gasteiger partial charge is 0.151 e. The Hall–Kier alpha value is -1.94. The highest BCUT2D eigenvalue weighted by molar-refractivity contribution is 5.59. The lowest BCUT2D eigenvalue weighted by Gasteiger charge is -2.40. The molecule has 4 nitrogen and oxygen atoms in total. The molecule has 0 saturated carbocycles. The Morgan fingerprint density at radius 2 is 1.62 bits per heavy atom. The molecule has 2 aromatic rings. The van der Waals surface area contributed by atoms with Crippen LogP contribution in [-0.4, -0.2) is 47.3 Å². The van der Waals surface area contributed by atoms with E-state index >= 15 is 0 Å². The molecule has 21 heavy (non-hydrogen) atoms. The van der Waals surface area contributed by atoms with E-state index in [2.05, 4.69) is 51.3 Å². The third-order valence-corrected chi connectivity index (χ3v) is 4.65. The summed E-state index contributed by atoms with van der Waals surface area (Å²) in [6, 6.07) is 15.7. The highest BCUT2D eigenvalue weighted by Crippen LogP contribution is 2.33. The molecule has 0 amide bonds. The maximum Gasteiger partial charge on any atom is 0.151 e. The first-order valence-electron chi connectivity index (χ1n) is 7.67.